The Kier molecular flexibility index (Phi) is 9.83. The van der Waals surface area contributed by atoms with Crippen LogP contribution in [-0.4, -0.2) is 34.3 Å². The first-order valence-electron chi connectivity index (χ1n) is 13.4. The van der Waals surface area contributed by atoms with E-state index in [-0.39, 0.29) is 34.3 Å². The molecule has 2 aromatic heterocycles. The number of thiophene rings is 1. The number of aromatic nitrogens is 1. The first kappa shape index (κ1) is 29.5. The summed E-state index contributed by atoms with van der Waals surface area (Å²) in [6.07, 6.45) is 7.62. The molecule has 1 amide bonds. The van der Waals surface area contributed by atoms with E-state index in [1.165, 1.54) is 12.4 Å². The molecule has 3 rings (SSSR count). The van der Waals surface area contributed by atoms with Crippen molar-refractivity contribution in [2.24, 2.45) is 17.3 Å². The summed E-state index contributed by atoms with van der Waals surface area (Å²) < 4.78 is 7.08. The quantitative estimate of drug-likeness (QED) is 0.225. The molecular weight excluding hydrogens is 500 g/mol. The number of ether oxygens (including phenoxy) is 1. The van der Waals surface area contributed by atoms with Crippen molar-refractivity contribution in [2.75, 3.05) is 4.90 Å². The Morgan fingerprint density at radius 2 is 1.76 bits per heavy atom. The zero-order chi connectivity index (χ0) is 28.0. The van der Waals surface area contributed by atoms with Gasteiger partial charge < -0.3 is 14.7 Å². The van der Waals surface area contributed by atoms with Gasteiger partial charge in [0.25, 0.3) is 0 Å². The van der Waals surface area contributed by atoms with Crippen LogP contribution in [0.2, 0.25) is 0 Å². The van der Waals surface area contributed by atoms with Gasteiger partial charge in [0.15, 0.2) is 0 Å². The van der Waals surface area contributed by atoms with Crippen molar-refractivity contribution < 1.29 is 29.4 Å². The summed E-state index contributed by atoms with van der Waals surface area (Å²) in [6, 6.07) is 5.10. The second-order valence-corrected chi connectivity index (χ2v) is 12.7. The fourth-order valence-electron chi connectivity index (χ4n) is 4.56. The van der Waals surface area contributed by atoms with Crippen molar-refractivity contribution >= 4 is 28.9 Å². The molecule has 7 nitrogen and oxygen atoms in total. The number of hydrogen-bond acceptors (Lipinski definition) is 5. The van der Waals surface area contributed by atoms with Crippen molar-refractivity contribution in [1.29, 1.82) is 0 Å². The van der Waals surface area contributed by atoms with E-state index in [1.807, 2.05) is 27.7 Å². The predicted molar refractivity (Wildman–Crippen MR) is 149 cm³/mol. The summed E-state index contributed by atoms with van der Waals surface area (Å²) in [6.45, 7) is 12.3. The van der Waals surface area contributed by atoms with Crippen molar-refractivity contribution in [3.8, 4) is 17.6 Å². The van der Waals surface area contributed by atoms with E-state index < -0.39 is 5.97 Å². The normalized spacial score (nSPS) is 18.4. The molecule has 1 aliphatic carbocycles. The minimum Gasteiger partial charge on any atom is -0.490 e. The number of anilines is 1. The average molecular weight is 542 g/mol. The van der Waals surface area contributed by atoms with Crippen molar-refractivity contribution in [3.05, 3.63) is 40.3 Å². The van der Waals surface area contributed by atoms with E-state index in [0.717, 1.165) is 41.8 Å². The molecular formula is C30H41N2O5S+. The molecule has 0 radical (unpaired) electrons. The van der Waals surface area contributed by atoms with Crippen LogP contribution in [0.3, 0.4) is 0 Å². The van der Waals surface area contributed by atoms with Gasteiger partial charge in [0, 0.05) is 34.2 Å². The number of carbonyl (C=O) groups excluding carboxylic acids is 1. The summed E-state index contributed by atoms with van der Waals surface area (Å²) in [5.41, 5.74) is 0.241. The van der Waals surface area contributed by atoms with Crippen LogP contribution in [0.4, 0.5) is 5.69 Å². The van der Waals surface area contributed by atoms with Crippen molar-refractivity contribution in [2.45, 2.75) is 92.2 Å². The molecule has 206 valence electrons. The van der Waals surface area contributed by atoms with Gasteiger partial charge in [0.2, 0.25) is 18.3 Å². The van der Waals surface area contributed by atoms with Crippen LogP contribution in [0.1, 0.15) is 94.6 Å². The average Bonchev–Trinajstić information content (AvgIpc) is 3.27. The van der Waals surface area contributed by atoms with Crippen LogP contribution in [0.5, 0.6) is 5.75 Å². The molecule has 2 N–H and O–H groups in total. The highest BCUT2D eigenvalue weighted by molar-refractivity contribution is 7.15. The van der Waals surface area contributed by atoms with Gasteiger partial charge >= 0.3 is 5.97 Å². The lowest BCUT2D eigenvalue weighted by atomic mass is 9.89. The zero-order valence-corrected chi connectivity index (χ0v) is 24.2. The third-order valence-corrected chi connectivity index (χ3v) is 7.69. The van der Waals surface area contributed by atoms with Crippen LogP contribution in [0, 0.1) is 29.1 Å². The number of carboxylic acid groups (broad SMARTS) is 1. The smallest absolute Gasteiger partial charge is 0.348 e. The van der Waals surface area contributed by atoms with E-state index in [1.54, 1.807) is 23.1 Å². The zero-order valence-electron chi connectivity index (χ0n) is 23.4. The van der Waals surface area contributed by atoms with Crippen molar-refractivity contribution in [3.63, 3.8) is 0 Å². The lowest BCUT2D eigenvalue weighted by Gasteiger charge is -2.38. The number of amides is 1. The fraction of sp³-hybridized carbons (Fsp3) is 0.567. The molecule has 0 spiro atoms. The maximum absolute atomic E-state index is 13.9. The van der Waals surface area contributed by atoms with Gasteiger partial charge in [-0.25, -0.2) is 4.79 Å². The largest absolute Gasteiger partial charge is 0.490 e. The van der Waals surface area contributed by atoms with Gasteiger partial charge in [0.05, 0.1) is 16.7 Å². The number of hydrogen-bond donors (Lipinski definition) is 2. The Morgan fingerprint density at radius 1 is 1.13 bits per heavy atom. The third-order valence-electron chi connectivity index (χ3n) is 6.66. The van der Waals surface area contributed by atoms with Gasteiger partial charge in [-0.1, -0.05) is 39.0 Å². The second-order valence-electron chi connectivity index (χ2n) is 11.7. The van der Waals surface area contributed by atoms with Gasteiger partial charge in [-0.3, -0.25) is 10.0 Å². The maximum Gasteiger partial charge on any atom is 0.348 e. The molecule has 1 atom stereocenters. The number of carbonyl (C=O) groups is 2. The summed E-state index contributed by atoms with van der Waals surface area (Å²) in [4.78, 5) is 28.8. The molecule has 0 saturated heterocycles. The fourth-order valence-corrected chi connectivity index (χ4v) is 5.40. The molecule has 1 saturated carbocycles. The SMILES string of the molecule is CC(C)CC[C@H](C)C(=O)N(c1cc(C#CC(C)(C)C)sc1C(=O)O)C1CCC(Oc2cc[n+](O)cc2)CC1. The van der Waals surface area contributed by atoms with Gasteiger partial charge in [0.1, 0.15) is 10.6 Å². The number of pyridine rings is 1. The molecule has 0 aromatic carbocycles. The molecule has 2 heterocycles. The van der Waals surface area contributed by atoms with E-state index in [2.05, 4.69) is 25.7 Å². The van der Waals surface area contributed by atoms with Crippen LogP contribution in [0.25, 0.3) is 0 Å². The van der Waals surface area contributed by atoms with Crippen LogP contribution in [0.15, 0.2) is 30.6 Å². The molecule has 1 aliphatic rings. The molecule has 2 aromatic rings. The lowest BCUT2D eigenvalue weighted by Crippen LogP contribution is -2.46. The number of nitrogens with zero attached hydrogens (tertiary/aromatic N) is 2. The lowest BCUT2D eigenvalue weighted by molar-refractivity contribution is -0.904. The topological polar surface area (TPSA) is 91.0 Å². The van der Waals surface area contributed by atoms with Crippen LogP contribution >= 0.6 is 11.3 Å². The molecule has 0 bridgehead atoms. The first-order chi connectivity index (χ1) is 17.8. The standard InChI is InChI=1S/C30H40N2O5S/c1-20(2)7-8-21(3)28(33)32(26-19-25(13-16-30(4,5)6)38-27(26)29(34)35)22-9-11-23(12-10-22)37-24-14-17-31(36)18-15-24/h14-15,17-23H,7-12H2,1-6H3,(H-,34,35,36)/p+1/t21-,22?,23?/m0/s1. The number of rotatable bonds is 9. The number of carboxylic acids is 1. The highest BCUT2D eigenvalue weighted by atomic mass is 32.1. The summed E-state index contributed by atoms with van der Waals surface area (Å²) >= 11 is 1.14. The highest BCUT2D eigenvalue weighted by Crippen LogP contribution is 2.37. The molecule has 0 aliphatic heterocycles. The van der Waals surface area contributed by atoms with Gasteiger partial charge in [-0.05, 0) is 64.9 Å². The molecule has 0 unspecified atom stereocenters. The summed E-state index contributed by atoms with van der Waals surface area (Å²) in [5.74, 6) is 6.20. The van der Waals surface area contributed by atoms with Gasteiger partial charge in [-0.15, -0.1) is 11.3 Å². The molecule has 38 heavy (non-hydrogen) atoms. The minimum atomic E-state index is -1.04. The summed E-state index contributed by atoms with van der Waals surface area (Å²) in [5, 5.41) is 19.5. The van der Waals surface area contributed by atoms with E-state index in [4.69, 9.17) is 4.74 Å². The Morgan fingerprint density at radius 3 is 2.32 bits per heavy atom. The highest BCUT2D eigenvalue weighted by Gasteiger charge is 2.36. The number of aromatic carboxylic acids is 1. The minimum absolute atomic E-state index is 0.00857. The van der Waals surface area contributed by atoms with Crippen molar-refractivity contribution in [1.82, 2.24) is 0 Å². The molecule has 1 fully saturated rings. The Balaban J connectivity index is 1.88. The Labute approximate surface area is 230 Å². The third kappa shape index (κ3) is 8.22. The molecule has 8 heteroatoms. The van der Waals surface area contributed by atoms with Crippen LogP contribution in [-0.2, 0) is 4.79 Å². The summed E-state index contributed by atoms with van der Waals surface area (Å²) in [7, 11) is 0. The van der Waals surface area contributed by atoms with E-state index in [0.29, 0.717) is 35.1 Å². The maximum atomic E-state index is 13.9. The first-order valence-corrected chi connectivity index (χ1v) is 14.3. The predicted octanol–water partition coefficient (Wildman–Crippen LogP) is 6.16. The van der Waals surface area contributed by atoms with E-state index in [9.17, 15) is 19.9 Å². The second kappa shape index (κ2) is 12.7. The van der Waals surface area contributed by atoms with E-state index >= 15 is 0 Å². The Bertz CT molecular complexity index is 1160. The monoisotopic (exact) mass is 541 g/mol. The Hall–Kier alpha value is -3.05. The van der Waals surface area contributed by atoms with Crippen LogP contribution < -0.4 is 14.4 Å². The van der Waals surface area contributed by atoms with Gasteiger partial charge in [-0.2, -0.15) is 0 Å².